The Morgan fingerprint density at radius 3 is 2.88 bits per heavy atom. The minimum Gasteiger partial charge on any atom is -0.496 e. The topological polar surface area (TPSA) is 44.1 Å². The summed E-state index contributed by atoms with van der Waals surface area (Å²) in [5.74, 6) is 0.532. The van der Waals surface area contributed by atoms with Gasteiger partial charge in [-0.25, -0.2) is 0 Å². The second-order valence-electron chi connectivity index (χ2n) is 3.14. The van der Waals surface area contributed by atoms with Crippen molar-refractivity contribution in [3.8, 4) is 5.75 Å². The van der Waals surface area contributed by atoms with Crippen molar-refractivity contribution < 1.29 is 9.53 Å². The highest BCUT2D eigenvalue weighted by molar-refractivity contribution is 7.12. The molecule has 0 bridgehead atoms. The van der Waals surface area contributed by atoms with Gasteiger partial charge in [-0.3, -0.25) is 9.48 Å². The van der Waals surface area contributed by atoms with E-state index >= 15 is 0 Å². The predicted molar refractivity (Wildman–Crippen MR) is 62.5 cm³/mol. The van der Waals surface area contributed by atoms with E-state index in [0.29, 0.717) is 21.3 Å². The molecule has 0 atom stereocenters. The number of methoxy groups -OCH3 is 1. The largest absolute Gasteiger partial charge is 0.496 e. The zero-order valence-electron chi connectivity index (χ0n) is 8.73. The first-order valence-electron chi connectivity index (χ1n) is 4.48. The molecule has 0 spiro atoms. The zero-order chi connectivity index (χ0) is 11.7. The number of rotatable bonds is 3. The molecule has 2 heterocycles. The number of thiophene rings is 1. The number of ketones is 1. The molecule has 0 aromatic carbocycles. The molecule has 0 aliphatic carbocycles. The summed E-state index contributed by atoms with van der Waals surface area (Å²) in [6.45, 7) is 0. The molecule has 0 aliphatic heterocycles. The van der Waals surface area contributed by atoms with Gasteiger partial charge in [-0.2, -0.15) is 5.10 Å². The standard InChI is InChI=1S/C10H9ClN2O2S/c1-13-9(7(11)4-12-13)10(14)8-3-6(15-2)5-16-8/h3-5H,1-2H3. The first-order chi connectivity index (χ1) is 7.63. The van der Waals surface area contributed by atoms with Crippen LogP contribution in [0.4, 0.5) is 0 Å². The number of nitrogens with zero attached hydrogens (tertiary/aromatic N) is 2. The lowest BCUT2D eigenvalue weighted by Gasteiger charge is -1.99. The lowest BCUT2D eigenvalue weighted by Crippen LogP contribution is -2.07. The summed E-state index contributed by atoms with van der Waals surface area (Å²) in [5.41, 5.74) is 0.395. The summed E-state index contributed by atoms with van der Waals surface area (Å²) in [4.78, 5) is 12.7. The van der Waals surface area contributed by atoms with Crippen LogP contribution in [0.2, 0.25) is 5.02 Å². The summed E-state index contributed by atoms with van der Waals surface area (Å²) in [5, 5.41) is 6.06. The Labute approximate surface area is 101 Å². The lowest BCUT2D eigenvalue weighted by atomic mass is 10.2. The quantitative estimate of drug-likeness (QED) is 0.792. The van der Waals surface area contributed by atoms with Crippen molar-refractivity contribution >= 4 is 28.7 Å². The van der Waals surface area contributed by atoms with Crippen LogP contribution in [0.1, 0.15) is 15.4 Å². The SMILES string of the molecule is COc1csc(C(=O)c2c(Cl)cnn2C)c1. The fraction of sp³-hybridized carbons (Fsp3) is 0.200. The van der Waals surface area contributed by atoms with E-state index in [1.54, 1.807) is 25.6 Å². The number of carbonyl (C=O) groups excluding carboxylic acids is 1. The first-order valence-corrected chi connectivity index (χ1v) is 5.74. The smallest absolute Gasteiger partial charge is 0.222 e. The molecule has 0 N–H and O–H groups in total. The Morgan fingerprint density at radius 1 is 1.62 bits per heavy atom. The van der Waals surface area contributed by atoms with Crippen molar-refractivity contribution in [2.75, 3.05) is 7.11 Å². The van der Waals surface area contributed by atoms with Gasteiger partial charge in [0.05, 0.1) is 23.2 Å². The number of halogens is 1. The normalized spacial score (nSPS) is 10.4. The number of aromatic nitrogens is 2. The number of ether oxygens (including phenoxy) is 1. The third-order valence-corrected chi connectivity index (χ3v) is 3.33. The van der Waals surface area contributed by atoms with Gasteiger partial charge < -0.3 is 4.74 Å². The van der Waals surface area contributed by atoms with Gasteiger partial charge in [0.2, 0.25) is 5.78 Å². The van der Waals surface area contributed by atoms with Crippen molar-refractivity contribution in [2.24, 2.45) is 7.05 Å². The maximum atomic E-state index is 12.1. The van der Waals surface area contributed by atoms with Crippen LogP contribution < -0.4 is 4.74 Å². The highest BCUT2D eigenvalue weighted by Gasteiger charge is 2.19. The average molecular weight is 257 g/mol. The molecule has 0 aliphatic rings. The molecule has 0 saturated carbocycles. The molecule has 2 aromatic heterocycles. The Kier molecular flexibility index (Phi) is 2.98. The van der Waals surface area contributed by atoms with E-state index < -0.39 is 0 Å². The number of carbonyl (C=O) groups is 1. The summed E-state index contributed by atoms with van der Waals surface area (Å²) in [6, 6.07) is 1.69. The van der Waals surface area contributed by atoms with E-state index in [1.165, 1.54) is 22.2 Å². The summed E-state index contributed by atoms with van der Waals surface area (Å²) < 4.78 is 6.49. The van der Waals surface area contributed by atoms with Gasteiger partial charge in [0.15, 0.2) is 0 Å². The highest BCUT2D eigenvalue weighted by Crippen LogP contribution is 2.26. The van der Waals surface area contributed by atoms with Gasteiger partial charge >= 0.3 is 0 Å². The van der Waals surface area contributed by atoms with Crippen LogP contribution in [0, 0.1) is 0 Å². The molecule has 2 rings (SSSR count). The molecule has 0 radical (unpaired) electrons. The van der Waals surface area contributed by atoms with Crippen LogP contribution >= 0.6 is 22.9 Å². The second-order valence-corrected chi connectivity index (χ2v) is 4.46. The van der Waals surface area contributed by atoms with Gasteiger partial charge in [0.1, 0.15) is 11.4 Å². The molecule has 16 heavy (non-hydrogen) atoms. The summed E-state index contributed by atoms with van der Waals surface area (Å²) in [6.07, 6.45) is 1.46. The molecule has 84 valence electrons. The van der Waals surface area contributed by atoms with Crippen molar-refractivity contribution in [1.29, 1.82) is 0 Å². The fourth-order valence-electron chi connectivity index (χ4n) is 1.33. The van der Waals surface area contributed by atoms with E-state index in [0.717, 1.165) is 0 Å². The van der Waals surface area contributed by atoms with E-state index in [2.05, 4.69) is 5.10 Å². The lowest BCUT2D eigenvalue weighted by molar-refractivity contribution is 0.103. The van der Waals surface area contributed by atoms with Crippen molar-refractivity contribution in [3.05, 3.63) is 33.2 Å². The fourth-order valence-corrected chi connectivity index (χ4v) is 2.37. The molecule has 0 amide bonds. The van der Waals surface area contributed by atoms with Crippen LogP contribution in [-0.2, 0) is 7.05 Å². The molecular weight excluding hydrogens is 248 g/mol. The van der Waals surface area contributed by atoms with Gasteiger partial charge in [-0.15, -0.1) is 11.3 Å². The Balaban J connectivity index is 2.39. The van der Waals surface area contributed by atoms with Crippen LogP contribution in [0.3, 0.4) is 0 Å². The van der Waals surface area contributed by atoms with Crippen LogP contribution in [-0.4, -0.2) is 22.7 Å². The first kappa shape index (κ1) is 11.2. The van der Waals surface area contributed by atoms with Crippen LogP contribution in [0.5, 0.6) is 5.75 Å². The van der Waals surface area contributed by atoms with Gasteiger partial charge in [-0.05, 0) is 0 Å². The Morgan fingerprint density at radius 2 is 2.38 bits per heavy atom. The van der Waals surface area contributed by atoms with Crippen LogP contribution in [0.25, 0.3) is 0 Å². The number of aryl methyl sites for hydroxylation is 1. The molecule has 0 fully saturated rings. The van der Waals surface area contributed by atoms with E-state index in [4.69, 9.17) is 16.3 Å². The minimum absolute atomic E-state index is 0.140. The summed E-state index contributed by atoms with van der Waals surface area (Å²) >= 11 is 7.22. The molecule has 0 unspecified atom stereocenters. The third-order valence-electron chi connectivity index (χ3n) is 2.14. The Hall–Kier alpha value is -1.33. The molecule has 0 saturated heterocycles. The molecule has 6 heteroatoms. The maximum Gasteiger partial charge on any atom is 0.222 e. The Bertz CT molecular complexity index is 513. The van der Waals surface area contributed by atoms with E-state index in [1.807, 2.05) is 0 Å². The minimum atomic E-state index is -0.140. The molecule has 4 nitrogen and oxygen atoms in total. The predicted octanol–water partition coefficient (Wildman–Crippen LogP) is 2.37. The number of hydrogen-bond donors (Lipinski definition) is 0. The maximum absolute atomic E-state index is 12.1. The van der Waals surface area contributed by atoms with Crippen molar-refractivity contribution in [1.82, 2.24) is 9.78 Å². The average Bonchev–Trinajstić information content (AvgIpc) is 2.85. The van der Waals surface area contributed by atoms with E-state index in [-0.39, 0.29) is 5.78 Å². The van der Waals surface area contributed by atoms with Gasteiger partial charge in [0.25, 0.3) is 0 Å². The molecular formula is C10H9ClN2O2S. The van der Waals surface area contributed by atoms with Gasteiger partial charge in [0, 0.05) is 18.5 Å². The van der Waals surface area contributed by atoms with Crippen LogP contribution in [0.15, 0.2) is 17.6 Å². The molecule has 2 aromatic rings. The zero-order valence-corrected chi connectivity index (χ0v) is 10.3. The summed E-state index contributed by atoms with van der Waals surface area (Å²) in [7, 11) is 3.25. The van der Waals surface area contributed by atoms with E-state index in [9.17, 15) is 4.79 Å². The third kappa shape index (κ3) is 1.83. The monoisotopic (exact) mass is 256 g/mol. The second kappa shape index (κ2) is 4.27. The van der Waals surface area contributed by atoms with Crippen molar-refractivity contribution in [3.63, 3.8) is 0 Å². The van der Waals surface area contributed by atoms with Crippen molar-refractivity contribution in [2.45, 2.75) is 0 Å². The number of hydrogen-bond acceptors (Lipinski definition) is 4. The van der Waals surface area contributed by atoms with Gasteiger partial charge in [-0.1, -0.05) is 11.6 Å². The highest BCUT2D eigenvalue weighted by atomic mass is 35.5.